The molecule has 1 aromatic carbocycles. The van der Waals surface area contributed by atoms with Crippen LogP contribution in [-0.4, -0.2) is 58.5 Å². The number of nitrogens with one attached hydrogen (secondary N) is 1. The molecule has 4 heterocycles. The summed E-state index contributed by atoms with van der Waals surface area (Å²) in [5.41, 5.74) is 4.46. The second-order valence-corrected chi connectivity index (χ2v) is 9.33. The first-order chi connectivity index (χ1) is 16.6. The molecule has 0 saturated carbocycles. The Kier molecular flexibility index (Phi) is 6.78. The molecule has 2 aliphatic rings. The highest BCUT2D eigenvalue weighted by Gasteiger charge is 2.39. The van der Waals surface area contributed by atoms with Gasteiger partial charge in [0.2, 0.25) is 0 Å². The second-order valence-electron chi connectivity index (χ2n) is 9.33. The third kappa shape index (κ3) is 4.79. The lowest BCUT2D eigenvalue weighted by Crippen LogP contribution is -2.55. The molecule has 1 unspecified atom stereocenters. The minimum absolute atomic E-state index is 0.0749. The zero-order valence-corrected chi connectivity index (χ0v) is 19.6. The lowest BCUT2D eigenvalue weighted by Gasteiger charge is -2.42. The van der Waals surface area contributed by atoms with E-state index in [4.69, 9.17) is 14.2 Å². The Balaban J connectivity index is 1.04. The van der Waals surface area contributed by atoms with Gasteiger partial charge < -0.3 is 19.7 Å². The first-order valence-electron chi connectivity index (χ1n) is 12.3. The quantitative estimate of drug-likeness (QED) is 0.432. The predicted octanol–water partition coefficient (Wildman–Crippen LogP) is 4.13. The highest BCUT2D eigenvalue weighted by Crippen LogP contribution is 2.33. The molecule has 8 heteroatoms. The van der Waals surface area contributed by atoms with E-state index in [0.29, 0.717) is 30.8 Å². The molecule has 2 aromatic heterocycles. The van der Waals surface area contributed by atoms with Crippen molar-refractivity contribution in [3.05, 3.63) is 52.8 Å². The van der Waals surface area contributed by atoms with Gasteiger partial charge in [0.1, 0.15) is 11.9 Å². The number of para-hydroxylation sites is 1. The smallest absolute Gasteiger partial charge is 0.325 e. The van der Waals surface area contributed by atoms with E-state index in [0.717, 1.165) is 61.2 Å². The van der Waals surface area contributed by atoms with Crippen molar-refractivity contribution in [3.63, 3.8) is 0 Å². The van der Waals surface area contributed by atoms with Gasteiger partial charge in [-0.3, -0.25) is 9.69 Å². The van der Waals surface area contributed by atoms with E-state index in [1.54, 1.807) is 0 Å². The molecule has 0 spiro atoms. The number of carboxylic acids is 1. The summed E-state index contributed by atoms with van der Waals surface area (Å²) in [5.74, 6) is 0.182. The van der Waals surface area contributed by atoms with Crippen molar-refractivity contribution in [2.45, 2.75) is 57.6 Å². The number of carboxylic acid groups (broad SMARTS) is 1. The molecule has 1 saturated heterocycles. The predicted molar refractivity (Wildman–Crippen MR) is 129 cm³/mol. The Hall–Kier alpha value is -2.97. The summed E-state index contributed by atoms with van der Waals surface area (Å²) in [4.78, 5) is 18.8. The zero-order chi connectivity index (χ0) is 23.5. The summed E-state index contributed by atoms with van der Waals surface area (Å²) in [6, 6.07) is 9.20. The minimum atomic E-state index is -0.883. The monoisotopic (exact) mass is 464 g/mol. The zero-order valence-electron chi connectivity index (χ0n) is 19.6. The van der Waals surface area contributed by atoms with E-state index < -0.39 is 12.0 Å². The molecule has 1 fully saturated rings. The number of hydrogen-bond donors (Lipinski definition) is 2. The molecule has 2 aliphatic heterocycles. The topological polar surface area (TPSA) is 101 Å². The van der Waals surface area contributed by atoms with Crippen molar-refractivity contribution >= 4 is 22.8 Å². The molecule has 0 aliphatic carbocycles. The lowest BCUT2D eigenvalue weighted by molar-refractivity contribution is -0.150. The van der Waals surface area contributed by atoms with Crippen LogP contribution in [-0.2, 0) is 22.4 Å². The van der Waals surface area contributed by atoms with Crippen LogP contribution in [0.2, 0.25) is 0 Å². The number of aromatic nitrogens is 2. The van der Waals surface area contributed by atoms with Gasteiger partial charge in [-0.05, 0) is 56.7 Å². The van der Waals surface area contributed by atoms with Crippen LogP contribution in [0, 0.1) is 6.92 Å². The maximum Gasteiger partial charge on any atom is 0.325 e. The first kappa shape index (κ1) is 22.8. The fourth-order valence-corrected chi connectivity index (χ4v) is 4.94. The Morgan fingerprint density at radius 3 is 3.00 bits per heavy atom. The Morgan fingerprint density at radius 1 is 1.26 bits per heavy atom. The summed E-state index contributed by atoms with van der Waals surface area (Å²) >= 11 is 0. The molecule has 0 radical (unpaired) electrons. The number of hydrogen-bond acceptors (Lipinski definition) is 7. The van der Waals surface area contributed by atoms with Gasteiger partial charge in [0.05, 0.1) is 11.8 Å². The SMILES string of the molecule is Cc1noc2c(C(C(=O)O)N3CC(OCCCCCc4ccc5c(n4)NCCC5)C3)cccc12. The number of ether oxygens (including phenoxy) is 1. The number of likely N-dealkylation sites (tertiary alicyclic amines) is 1. The minimum Gasteiger partial charge on any atom is -0.480 e. The highest BCUT2D eigenvalue weighted by atomic mass is 16.5. The summed E-state index contributed by atoms with van der Waals surface area (Å²) in [6.07, 6.45) is 6.54. The highest BCUT2D eigenvalue weighted by molar-refractivity contribution is 5.87. The van der Waals surface area contributed by atoms with E-state index >= 15 is 0 Å². The standard InChI is InChI=1S/C26H32N4O4/c1-17-21-9-5-10-22(24(21)34-29-17)23(26(31)32)30-15-20(16-30)33-14-4-2-3-8-19-12-11-18-7-6-13-27-25(18)28-19/h5,9-12,20,23H,2-4,6-8,13-16H2,1H3,(H,27,28)(H,31,32). The van der Waals surface area contributed by atoms with E-state index in [1.807, 2.05) is 30.0 Å². The molecule has 180 valence electrons. The molecule has 0 amide bonds. The van der Waals surface area contributed by atoms with Gasteiger partial charge in [-0.2, -0.15) is 0 Å². The molecular weight excluding hydrogens is 432 g/mol. The van der Waals surface area contributed by atoms with Crippen molar-refractivity contribution in [2.75, 3.05) is 31.6 Å². The van der Waals surface area contributed by atoms with Gasteiger partial charge in [0.15, 0.2) is 5.58 Å². The van der Waals surface area contributed by atoms with Crippen LogP contribution in [0.15, 0.2) is 34.9 Å². The second kappa shape index (κ2) is 10.1. The van der Waals surface area contributed by atoms with Crippen LogP contribution < -0.4 is 5.32 Å². The van der Waals surface area contributed by atoms with Crippen molar-refractivity contribution in [1.82, 2.24) is 15.0 Å². The van der Waals surface area contributed by atoms with Gasteiger partial charge in [0, 0.05) is 42.9 Å². The lowest BCUT2D eigenvalue weighted by atomic mass is 9.98. The molecule has 3 aromatic rings. The van der Waals surface area contributed by atoms with E-state index in [1.165, 1.54) is 12.0 Å². The molecular formula is C26H32N4O4. The number of anilines is 1. The summed E-state index contributed by atoms with van der Waals surface area (Å²) in [6.45, 7) is 4.78. The third-order valence-corrected chi connectivity index (χ3v) is 6.86. The number of carbonyl (C=O) groups is 1. The number of aliphatic carboxylic acids is 1. The van der Waals surface area contributed by atoms with Crippen molar-refractivity contribution in [3.8, 4) is 0 Å². The number of rotatable bonds is 10. The van der Waals surface area contributed by atoms with E-state index in [-0.39, 0.29) is 6.10 Å². The van der Waals surface area contributed by atoms with Gasteiger partial charge in [-0.1, -0.05) is 29.8 Å². The Bertz CT molecular complexity index is 1150. The fraction of sp³-hybridized carbons (Fsp3) is 0.500. The normalized spacial score (nSPS) is 17.2. The maximum absolute atomic E-state index is 12.1. The average Bonchev–Trinajstić information content (AvgIpc) is 3.20. The third-order valence-electron chi connectivity index (χ3n) is 6.86. The number of nitrogens with zero attached hydrogens (tertiary/aromatic N) is 3. The largest absolute Gasteiger partial charge is 0.480 e. The van der Waals surface area contributed by atoms with Crippen molar-refractivity contribution in [1.29, 1.82) is 0 Å². The molecule has 34 heavy (non-hydrogen) atoms. The summed E-state index contributed by atoms with van der Waals surface area (Å²) < 4.78 is 11.4. The van der Waals surface area contributed by atoms with Crippen LogP contribution in [0.5, 0.6) is 0 Å². The maximum atomic E-state index is 12.1. The van der Waals surface area contributed by atoms with Crippen molar-refractivity contribution in [2.24, 2.45) is 0 Å². The first-order valence-corrected chi connectivity index (χ1v) is 12.3. The molecule has 1 atom stereocenters. The average molecular weight is 465 g/mol. The van der Waals surface area contributed by atoms with Gasteiger partial charge in [-0.25, -0.2) is 4.98 Å². The summed E-state index contributed by atoms with van der Waals surface area (Å²) in [7, 11) is 0. The molecule has 8 nitrogen and oxygen atoms in total. The van der Waals surface area contributed by atoms with Gasteiger partial charge in [0.25, 0.3) is 0 Å². The van der Waals surface area contributed by atoms with Gasteiger partial charge in [-0.15, -0.1) is 0 Å². The van der Waals surface area contributed by atoms with Crippen LogP contribution in [0.3, 0.4) is 0 Å². The number of aryl methyl sites for hydroxylation is 3. The van der Waals surface area contributed by atoms with Crippen LogP contribution >= 0.6 is 0 Å². The van der Waals surface area contributed by atoms with Crippen LogP contribution in [0.25, 0.3) is 11.0 Å². The molecule has 0 bridgehead atoms. The Morgan fingerprint density at radius 2 is 2.15 bits per heavy atom. The molecule has 5 rings (SSSR count). The summed E-state index contributed by atoms with van der Waals surface area (Å²) in [5, 5.41) is 18.2. The van der Waals surface area contributed by atoms with Crippen molar-refractivity contribution < 1.29 is 19.2 Å². The van der Waals surface area contributed by atoms with Crippen LogP contribution in [0.1, 0.15) is 54.2 Å². The fourth-order valence-electron chi connectivity index (χ4n) is 4.94. The number of unbranched alkanes of at least 4 members (excludes halogenated alkanes) is 2. The van der Waals surface area contributed by atoms with Gasteiger partial charge >= 0.3 is 5.97 Å². The number of benzene rings is 1. The Labute approximate surface area is 199 Å². The van der Waals surface area contributed by atoms with Crippen LogP contribution in [0.4, 0.5) is 5.82 Å². The van der Waals surface area contributed by atoms with E-state index in [9.17, 15) is 9.90 Å². The number of fused-ring (bicyclic) bond motifs is 2. The van der Waals surface area contributed by atoms with E-state index in [2.05, 4.69) is 22.6 Å². The number of pyridine rings is 1. The molecule has 2 N–H and O–H groups in total.